The van der Waals surface area contributed by atoms with Gasteiger partial charge in [0.05, 0.1) is 21.7 Å². The fourth-order valence-corrected chi connectivity index (χ4v) is 4.94. The Bertz CT molecular complexity index is 1850. The fourth-order valence-electron chi connectivity index (χ4n) is 4.94. The molecule has 154 valence electrons. The van der Waals surface area contributed by atoms with Gasteiger partial charge in [-0.3, -0.25) is 0 Å². The molecule has 0 fully saturated rings. The minimum absolute atomic E-state index is 0.763. The van der Waals surface area contributed by atoms with E-state index in [9.17, 15) is 0 Å². The van der Waals surface area contributed by atoms with Crippen LogP contribution < -0.4 is 21.2 Å². The first-order valence-electron chi connectivity index (χ1n) is 11.0. The Morgan fingerprint density at radius 1 is 0.636 bits per heavy atom. The van der Waals surface area contributed by atoms with Gasteiger partial charge < -0.3 is 0 Å². The van der Waals surface area contributed by atoms with Crippen LogP contribution in [0.1, 0.15) is 11.1 Å². The Balaban J connectivity index is 1.86. The van der Waals surface area contributed by atoms with Gasteiger partial charge in [0, 0.05) is 5.39 Å². The van der Waals surface area contributed by atoms with Gasteiger partial charge in [0.25, 0.3) is 0 Å². The van der Waals surface area contributed by atoms with E-state index in [0.29, 0.717) is 0 Å². The molecule has 0 saturated heterocycles. The van der Waals surface area contributed by atoms with Crippen LogP contribution in [0.25, 0.3) is 33.0 Å². The summed E-state index contributed by atoms with van der Waals surface area (Å²) in [4.78, 5) is 0. The normalized spacial score (nSPS) is 13.7. The van der Waals surface area contributed by atoms with E-state index < -0.39 is 0 Å². The molecular formula is C29H18N4. The molecule has 4 aliphatic heterocycles. The highest BCUT2D eigenvalue weighted by Gasteiger charge is 2.22. The largest absolute Gasteiger partial charge is 0.151 e. The molecule has 0 unspecified atom stereocenters. The average molecular weight is 422 g/mol. The quantitative estimate of drug-likeness (QED) is 0.417. The number of aromatic nitrogens is 2. The number of hydrogen-bond acceptors (Lipinski definition) is 4. The van der Waals surface area contributed by atoms with Gasteiger partial charge in [0.15, 0.2) is 0 Å². The molecule has 0 atom stereocenters. The third-order valence-electron chi connectivity index (χ3n) is 6.50. The van der Waals surface area contributed by atoms with Gasteiger partial charge in [-0.15, -0.1) is 5.10 Å². The highest BCUT2D eigenvalue weighted by molar-refractivity contribution is 6.05. The highest BCUT2D eigenvalue weighted by Crippen LogP contribution is 2.31. The summed E-state index contributed by atoms with van der Waals surface area (Å²) in [6, 6.07) is 33.6. The second-order valence-corrected chi connectivity index (χ2v) is 8.45. The molecule has 0 saturated carbocycles. The van der Waals surface area contributed by atoms with Crippen molar-refractivity contribution in [3.8, 4) is 0 Å². The molecule has 2 aromatic heterocycles. The number of fused-ring (bicyclic) bond motifs is 3. The lowest BCUT2D eigenvalue weighted by molar-refractivity contribution is 1.06. The predicted octanol–water partition coefficient (Wildman–Crippen LogP) is 3.12. The topological polar surface area (TPSA) is 50.5 Å². The van der Waals surface area contributed by atoms with Crippen LogP contribution in [0, 0.1) is 0 Å². The molecule has 1 aliphatic carbocycles. The maximum atomic E-state index is 4.65. The van der Waals surface area contributed by atoms with E-state index in [1.165, 1.54) is 38.1 Å². The number of nitrogens with zero attached hydrogens (tertiary/aromatic N) is 4. The second kappa shape index (κ2) is 7.04. The van der Waals surface area contributed by atoms with Crippen molar-refractivity contribution in [2.75, 3.05) is 0 Å². The second-order valence-electron chi connectivity index (χ2n) is 8.45. The van der Waals surface area contributed by atoms with Crippen LogP contribution in [0.4, 0.5) is 0 Å². The van der Waals surface area contributed by atoms with E-state index in [0.717, 1.165) is 33.6 Å². The lowest BCUT2D eigenvalue weighted by Crippen LogP contribution is -2.13. The van der Waals surface area contributed by atoms with Gasteiger partial charge in [0.1, 0.15) is 0 Å². The lowest BCUT2D eigenvalue weighted by atomic mass is 9.96. The van der Waals surface area contributed by atoms with Crippen molar-refractivity contribution >= 4 is 33.0 Å². The molecule has 0 amide bonds. The average Bonchev–Trinajstić information content (AvgIpc) is 3.29. The maximum Gasteiger partial charge on any atom is 0.0954 e. The molecule has 11 rings (SSSR count). The molecule has 6 aromatic rings. The van der Waals surface area contributed by atoms with Crippen LogP contribution in [0.15, 0.2) is 107 Å². The molecule has 4 aromatic carbocycles. The summed E-state index contributed by atoms with van der Waals surface area (Å²) in [7, 11) is 0. The first-order chi connectivity index (χ1) is 16.3. The summed E-state index contributed by atoms with van der Waals surface area (Å²) in [6.07, 6.45) is 0.816. The molecule has 33 heavy (non-hydrogen) atoms. The lowest BCUT2D eigenvalue weighted by Gasteiger charge is -2.07. The van der Waals surface area contributed by atoms with Gasteiger partial charge >= 0.3 is 0 Å². The molecule has 4 nitrogen and oxygen atoms in total. The van der Waals surface area contributed by atoms with Gasteiger partial charge in [0.2, 0.25) is 0 Å². The van der Waals surface area contributed by atoms with Crippen molar-refractivity contribution in [2.45, 2.75) is 6.42 Å². The van der Waals surface area contributed by atoms with Crippen LogP contribution in [-0.4, -0.2) is 10.2 Å². The van der Waals surface area contributed by atoms with E-state index in [4.69, 9.17) is 0 Å². The zero-order valence-electron chi connectivity index (χ0n) is 17.7. The van der Waals surface area contributed by atoms with Crippen molar-refractivity contribution in [2.24, 2.45) is 10.2 Å². The van der Waals surface area contributed by atoms with E-state index in [-0.39, 0.29) is 0 Å². The Morgan fingerprint density at radius 3 is 2.21 bits per heavy atom. The summed E-state index contributed by atoms with van der Waals surface area (Å²) < 4.78 is 0. The Hall–Kier alpha value is -4.44. The zero-order chi connectivity index (χ0) is 21.8. The molecular weight excluding hydrogens is 404 g/mol. The molecule has 0 spiro atoms. The fraction of sp³-hybridized carbons (Fsp3) is 0.0345. The molecule has 9 bridgehead atoms. The molecule has 6 heterocycles. The van der Waals surface area contributed by atoms with Crippen LogP contribution >= 0.6 is 0 Å². The molecule has 5 aliphatic rings. The van der Waals surface area contributed by atoms with Crippen molar-refractivity contribution in [3.63, 3.8) is 0 Å². The van der Waals surface area contributed by atoms with Crippen molar-refractivity contribution < 1.29 is 0 Å². The first kappa shape index (κ1) is 18.2. The van der Waals surface area contributed by atoms with Gasteiger partial charge in [-0.1, -0.05) is 60.7 Å². The van der Waals surface area contributed by atoms with Crippen molar-refractivity contribution in [1.82, 2.24) is 10.2 Å². The van der Waals surface area contributed by atoms with Crippen LogP contribution in [0.2, 0.25) is 0 Å². The van der Waals surface area contributed by atoms with Gasteiger partial charge in [-0.2, -0.15) is 15.3 Å². The summed E-state index contributed by atoms with van der Waals surface area (Å²) in [5, 5.41) is 24.4. The van der Waals surface area contributed by atoms with E-state index in [2.05, 4.69) is 81.1 Å². The molecule has 4 heteroatoms. The summed E-state index contributed by atoms with van der Waals surface area (Å²) >= 11 is 0. The summed E-state index contributed by atoms with van der Waals surface area (Å²) in [5.74, 6) is 0. The Kier molecular flexibility index (Phi) is 3.87. The summed E-state index contributed by atoms with van der Waals surface area (Å²) in [6.45, 7) is 0. The van der Waals surface area contributed by atoms with Crippen LogP contribution in [0.3, 0.4) is 0 Å². The Labute approximate surface area is 189 Å². The first-order valence-corrected chi connectivity index (χ1v) is 11.0. The number of rotatable bonds is 1. The monoisotopic (exact) mass is 422 g/mol. The van der Waals surface area contributed by atoms with Gasteiger partial charge in [-0.25, -0.2) is 0 Å². The maximum absolute atomic E-state index is 4.65. The minimum Gasteiger partial charge on any atom is -0.151 e. The standard InChI is InChI=1S/C29H18N4/c1-2-4-19(5-3-1)28-25-17-26-24-15-14-23(32-30-21-10-6-18(25)7-11-21)16-27(24)33-31-22-12-8-20(9-13-22)29(26)28/h1-16H,17H2. The molecule has 0 radical (unpaired) electrons. The third-order valence-corrected chi connectivity index (χ3v) is 6.50. The summed E-state index contributed by atoms with van der Waals surface area (Å²) in [5.41, 5.74) is 6.72. The highest BCUT2D eigenvalue weighted by atomic mass is 15.2. The van der Waals surface area contributed by atoms with E-state index in [1.54, 1.807) is 0 Å². The zero-order valence-corrected chi connectivity index (χ0v) is 17.7. The molecule has 0 N–H and O–H groups in total. The Morgan fingerprint density at radius 2 is 1.39 bits per heavy atom. The third kappa shape index (κ3) is 2.92. The van der Waals surface area contributed by atoms with Crippen molar-refractivity contribution in [3.05, 3.63) is 129 Å². The van der Waals surface area contributed by atoms with Crippen molar-refractivity contribution in [1.29, 1.82) is 0 Å². The van der Waals surface area contributed by atoms with Gasteiger partial charge in [-0.05, 0) is 80.9 Å². The smallest absolute Gasteiger partial charge is 0.0954 e. The SMILES string of the molecule is c1ccc(C2=c3c4c5ccc(cc5nnc5ccc3cc5)=NN=c3ccc(cc3)=C2C4)cc1. The minimum atomic E-state index is 0.763. The number of benzene rings is 4. The van der Waals surface area contributed by atoms with Crippen LogP contribution in [-0.2, 0) is 6.42 Å². The predicted molar refractivity (Wildman–Crippen MR) is 130 cm³/mol. The van der Waals surface area contributed by atoms with E-state index >= 15 is 0 Å². The van der Waals surface area contributed by atoms with E-state index in [1.807, 2.05) is 36.4 Å². The number of hydrogen-bond donors (Lipinski definition) is 0. The van der Waals surface area contributed by atoms with Crippen LogP contribution in [0.5, 0.6) is 0 Å².